The quantitative estimate of drug-likeness (QED) is 0.567. The molecule has 0 radical (unpaired) electrons. The molecule has 2 aromatic carbocycles. The Hall–Kier alpha value is -2.85. The topological polar surface area (TPSA) is 36.4 Å². The van der Waals surface area contributed by atoms with Crippen molar-refractivity contribution < 1.29 is 4.79 Å². The van der Waals surface area contributed by atoms with E-state index in [9.17, 15) is 4.79 Å². The molecule has 0 aliphatic carbocycles. The van der Waals surface area contributed by atoms with Gasteiger partial charge < -0.3 is 9.80 Å². The zero-order valence-electron chi connectivity index (χ0n) is 16.5. The zero-order valence-corrected chi connectivity index (χ0v) is 17.2. The minimum atomic E-state index is 0.0337. The van der Waals surface area contributed by atoms with Gasteiger partial charge in [0.15, 0.2) is 0 Å². The second-order valence-corrected chi connectivity index (χ2v) is 7.81. The Morgan fingerprint density at radius 2 is 1.79 bits per heavy atom. The Labute approximate surface area is 176 Å². The van der Waals surface area contributed by atoms with Gasteiger partial charge in [-0.3, -0.25) is 4.79 Å². The van der Waals surface area contributed by atoms with Gasteiger partial charge in [-0.2, -0.15) is 0 Å². The predicted octanol–water partition coefficient (Wildman–Crippen LogP) is 5.10. The molecule has 4 rings (SSSR count). The van der Waals surface area contributed by atoms with E-state index < -0.39 is 0 Å². The maximum atomic E-state index is 13.2. The van der Waals surface area contributed by atoms with Gasteiger partial charge in [-0.1, -0.05) is 60.1 Å². The highest BCUT2D eigenvalue weighted by atomic mass is 35.5. The molecule has 0 unspecified atom stereocenters. The predicted molar refractivity (Wildman–Crippen MR) is 119 cm³/mol. The number of fused-ring (bicyclic) bond motifs is 1. The first-order valence-electron chi connectivity index (χ1n) is 9.91. The first kappa shape index (κ1) is 19.5. The van der Waals surface area contributed by atoms with E-state index in [4.69, 9.17) is 11.6 Å². The fraction of sp³-hybridized carbons (Fsp3) is 0.250. The van der Waals surface area contributed by atoms with Gasteiger partial charge in [-0.25, -0.2) is 4.98 Å². The van der Waals surface area contributed by atoms with Crippen LogP contribution in [0.2, 0.25) is 5.15 Å². The highest BCUT2D eigenvalue weighted by Gasteiger charge is 2.26. The second kappa shape index (κ2) is 8.66. The summed E-state index contributed by atoms with van der Waals surface area (Å²) >= 11 is 6.16. The van der Waals surface area contributed by atoms with Crippen LogP contribution in [0.4, 0.5) is 0 Å². The summed E-state index contributed by atoms with van der Waals surface area (Å²) in [5.74, 6) is 0.0337. The van der Waals surface area contributed by atoms with Crippen LogP contribution in [0, 0.1) is 0 Å². The number of aromatic nitrogens is 1. The summed E-state index contributed by atoms with van der Waals surface area (Å²) in [5, 5.41) is 1.21. The van der Waals surface area contributed by atoms with Crippen molar-refractivity contribution in [3.05, 3.63) is 83.1 Å². The Balaban J connectivity index is 1.42. The number of carbonyl (C=O) groups is 1. The molecule has 1 saturated heterocycles. The van der Waals surface area contributed by atoms with E-state index in [-0.39, 0.29) is 5.91 Å². The average molecular weight is 406 g/mol. The van der Waals surface area contributed by atoms with Crippen molar-refractivity contribution in [3.8, 4) is 0 Å². The van der Waals surface area contributed by atoms with Crippen molar-refractivity contribution >= 4 is 34.5 Å². The number of halogens is 1. The van der Waals surface area contributed by atoms with Crippen molar-refractivity contribution in [2.24, 2.45) is 0 Å². The van der Waals surface area contributed by atoms with Crippen LogP contribution in [-0.2, 0) is 0 Å². The number of pyridine rings is 1. The molecule has 0 saturated carbocycles. The standard InChI is InChI=1S/C24H24ClN3O/c1-27(14-11-18-7-3-2-4-8-18)19-12-15-28(16-13-19)24(29)21-17-23(25)26-22-10-6-5-9-20(21)22/h2-11,14,17,19H,12-13,15-16H2,1H3. The van der Waals surface area contributed by atoms with Crippen molar-refractivity contribution in [2.75, 3.05) is 20.1 Å². The molecule has 148 valence electrons. The maximum absolute atomic E-state index is 13.2. The molecule has 0 N–H and O–H groups in total. The third kappa shape index (κ3) is 4.43. The van der Waals surface area contributed by atoms with Crippen molar-refractivity contribution in [2.45, 2.75) is 18.9 Å². The molecule has 29 heavy (non-hydrogen) atoms. The van der Waals surface area contributed by atoms with Crippen molar-refractivity contribution in [1.29, 1.82) is 0 Å². The number of rotatable bonds is 4. The molecule has 5 heteroatoms. The van der Waals surface area contributed by atoms with Crippen LogP contribution in [0.15, 0.2) is 66.9 Å². The van der Waals surface area contributed by atoms with E-state index in [1.807, 2.05) is 47.4 Å². The van der Waals surface area contributed by atoms with Crippen LogP contribution in [0.1, 0.15) is 28.8 Å². The average Bonchev–Trinajstić information content (AvgIpc) is 2.77. The highest BCUT2D eigenvalue weighted by molar-refractivity contribution is 6.30. The highest BCUT2D eigenvalue weighted by Crippen LogP contribution is 2.24. The largest absolute Gasteiger partial charge is 0.377 e. The molecule has 3 aromatic rings. The molecule has 1 aromatic heterocycles. The molecule has 2 heterocycles. The molecule has 0 atom stereocenters. The van der Waals surface area contributed by atoms with Gasteiger partial charge in [0, 0.05) is 31.6 Å². The van der Waals surface area contributed by atoms with Crippen molar-refractivity contribution in [1.82, 2.24) is 14.8 Å². The number of hydrogen-bond acceptors (Lipinski definition) is 3. The van der Waals surface area contributed by atoms with E-state index in [0.717, 1.165) is 36.8 Å². The molecular weight excluding hydrogens is 382 g/mol. The number of piperidine rings is 1. The van der Waals surface area contributed by atoms with Gasteiger partial charge in [0.1, 0.15) is 5.15 Å². The number of benzene rings is 2. The van der Waals surface area contributed by atoms with Crippen LogP contribution in [0.5, 0.6) is 0 Å². The van der Waals surface area contributed by atoms with Gasteiger partial charge >= 0.3 is 0 Å². The lowest BCUT2D eigenvalue weighted by Crippen LogP contribution is -2.44. The van der Waals surface area contributed by atoms with Crippen LogP contribution in [0.25, 0.3) is 17.0 Å². The fourth-order valence-corrected chi connectivity index (χ4v) is 4.06. The zero-order chi connectivity index (χ0) is 20.2. The van der Waals surface area contributed by atoms with E-state index in [0.29, 0.717) is 16.8 Å². The molecule has 0 spiro atoms. The Morgan fingerprint density at radius 1 is 1.10 bits per heavy atom. The lowest BCUT2D eigenvalue weighted by atomic mass is 10.0. The monoisotopic (exact) mass is 405 g/mol. The minimum Gasteiger partial charge on any atom is -0.377 e. The summed E-state index contributed by atoms with van der Waals surface area (Å²) in [6, 6.07) is 20.1. The summed E-state index contributed by atoms with van der Waals surface area (Å²) < 4.78 is 0. The first-order chi connectivity index (χ1) is 14.1. The smallest absolute Gasteiger partial charge is 0.254 e. The third-order valence-corrected chi connectivity index (χ3v) is 5.74. The molecule has 1 amide bonds. The summed E-state index contributed by atoms with van der Waals surface area (Å²) in [6.45, 7) is 1.47. The van der Waals surface area contributed by atoms with E-state index in [1.165, 1.54) is 5.56 Å². The fourth-order valence-electron chi connectivity index (χ4n) is 3.86. The number of likely N-dealkylation sites (tertiary alicyclic amines) is 1. The Morgan fingerprint density at radius 3 is 2.55 bits per heavy atom. The van der Waals surface area contributed by atoms with Crippen LogP contribution >= 0.6 is 11.6 Å². The molecule has 1 aliphatic rings. The minimum absolute atomic E-state index is 0.0337. The SMILES string of the molecule is CN(C=Cc1ccccc1)C1CCN(C(=O)c2cc(Cl)nc3ccccc23)CC1. The molecule has 1 aliphatic heterocycles. The first-order valence-corrected chi connectivity index (χ1v) is 10.3. The van der Waals surface area contributed by atoms with Crippen molar-refractivity contribution in [3.63, 3.8) is 0 Å². The summed E-state index contributed by atoms with van der Waals surface area (Å²) in [6.07, 6.45) is 6.15. The van der Waals surface area contributed by atoms with Crippen LogP contribution in [-0.4, -0.2) is 46.9 Å². The lowest BCUT2D eigenvalue weighted by molar-refractivity contribution is 0.0675. The second-order valence-electron chi connectivity index (χ2n) is 7.42. The molecular formula is C24H24ClN3O. The normalized spacial score (nSPS) is 15.2. The van der Waals surface area contributed by atoms with Gasteiger partial charge in [-0.15, -0.1) is 0 Å². The number of amides is 1. The summed E-state index contributed by atoms with van der Waals surface area (Å²) in [4.78, 5) is 21.7. The van der Waals surface area contributed by atoms with Crippen LogP contribution < -0.4 is 0 Å². The van der Waals surface area contributed by atoms with Crippen LogP contribution in [0.3, 0.4) is 0 Å². The number of hydrogen-bond donors (Lipinski definition) is 0. The Bertz CT molecular complexity index is 1030. The number of nitrogens with zero attached hydrogens (tertiary/aromatic N) is 3. The molecule has 0 bridgehead atoms. The van der Waals surface area contributed by atoms with Gasteiger partial charge in [-0.05, 0) is 42.8 Å². The molecule has 1 fully saturated rings. The van der Waals surface area contributed by atoms with E-state index >= 15 is 0 Å². The Kier molecular flexibility index (Phi) is 5.81. The van der Waals surface area contributed by atoms with Gasteiger partial charge in [0.25, 0.3) is 5.91 Å². The summed E-state index contributed by atoms with van der Waals surface area (Å²) in [7, 11) is 2.11. The lowest BCUT2D eigenvalue weighted by Gasteiger charge is -2.36. The van der Waals surface area contributed by atoms with E-state index in [2.05, 4.69) is 41.3 Å². The van der Waals surface area contributed by atoms with Gasteiger partial charge in [0.05, 0.1) is 11.1 Å². The number of carbonyl (C=O) groups excluding carboxylic acids is 1. The summed E-state index contributed by atoms with van der Waals surface area (Å²) in [5.41, 5.74) is 2.58. The van der Waals surface area contributed by atoms with E-state index in [1.54, 1.807) is 6.07 Å². The maximum Gasteiger partial charge on any atom is 0.254 e. The van der Waals surface area contributed by atoms with Gasteiger partial charge in [0.2, 0.25) is 0 Å². The third-order valence-electron chi connectivity index (χ3n) is 5.54. The number of para-hydroxylation sites is 1. The molecule has 4 nitrogen and oxygen atoms in total.